The van der Waals surface area contributed by atoms with Crippen molar-refractivity contribution in [2.75, 3.05) is 18.6 Å². The fourth-order valence-corrected chi connectivity index (χ4v) is 3.81. The lowest BCUT2D eigenvalue weighted by atomic mass is 10.1. The predicted molar refractivity (Wildman–Crippen MR) is 112 cm³/mol. The summed E-state index contributed by atoms with van der Waals surface area (Å²) < 4.78 is 67.2. The van der Waals surface area contributed by atoms with E-state index in [1.807, 2.05) is 25.1 Å². The second kappa shape index (κ2) is 8.36. The number of phenols is 1. The maximum Gasteiger partial charge on any atom is 0.294 e. The smallest absolute Gasteiger partial charge is 0.294 e. The third kappa shape index (κ3) is 5.10. The summed E-state index contributed by atoms with van der Waals surface area (Å²) in [5.74, 6) is 0.233. The lowest BCUT2D eigenvalue weighted by molar-refractivity contribution is 0.414. The van der Waals surface area contributed by atoms with Gasteiger partial charge < -0.3 is 21.3 Å². The van der Waals surface area contributed by atoms with Crippen molar-refractivity contribution in [2.24, 2.45) is 0 Å². The summed E-state index contributed by atoms with van der Waals surface area (Å²) in [7, 11) is -7.52. The number of aromatic hydroxyl groups is 1. The van der Waals surface area contributed by atoms with E-state index in [4.69, 9.17) is 25.3 Å². The Morgan fingerprint density at radius 2 is 1.40 bits per heavy atom. The molecule has 0 amide bonds. The summed E-state index contributed by atoms with van der Waals surface area (Å²) >= 11 is 0. The molecular formula is C18H20N2O8S2. The van der Waals surface area contributed by atoms with Crippen LogP contribution in [0.4, 0.5) is 11.4 Å². The lowest BCUT2D eigenvalue weighted by Crippen LogP contribution is -2.02. The van der Waals surface area contributed by atoms with Crippen LogP contribution in [0.5, 0.6) is 11.5 Å². The average Bonchev–Trinajstić information content (AvgIpc) is 2.60. The number of phenolic OH excluding ortho intramolecular Hbond substituents is 1. The van der Waals surface area contributed by atoms with Gasteiger partial charge in [-0.05, 0) is 42.1 Å². The number of nitrogens with two attached hydrogens (primary N) is 2. The molecule has 0 aromatic heterocycles. The van der Waals surface area contributed by atoms with Crippen LogP contribution in [0.15, 0.2) is 52.3 Å². The fourth-order valence-electron chi connectivity index (χ4n) is 2.72. The summed E-state index contributed by atoms with van der Waals surface area (Å²) in [5.41, 5.74) is 12.8. The Morgan fingerprint density at radius 3 is 1.83 bits per heavy atom. The molecule has 3 rings (SSSR count). The summed E-state index contributed by atoms with van der Waals surface area (Å²) in [6.45, 7) is 1.97. The highest BCUT2D eigenvalue weighted by molar-refractivity contribution is 7.86. The van der Waals surface area contributed by atoms with Crippen LogP contribution in [0, 0.1) is 6.92 Å². The summed E-state index contributed by atoms with van der Waals surface area (Å²) in [5, 5.41) is 9.66. The van der Waals surface area contributed by atoms with E-state index in [1.165, 1.54) is 0 Å². The first-order chi connectivity index (χ1) is 13.8. The van der Waals surface area contributed by atoms with E-state index in [0.29, 0.717) is 5.69 Å². The zero-order valence-corrected chi connectivity index (χ0v) is 17.5. The molecule has 0 radical (unpaired) electrons. The number of hydrogen-bond donors (Lipinski definition) is 5. The van der Waals surface area contributed by atoms with Crippen molar-refractivity contribution >= 4 is 42.4 Å². The van der Waals surface area contributed by atoms with Gasteiger partial charge in [-0.15, -0.1) is 0 Å². The van der Waals surface area contributed by atoms with Gasteiger partial charge in [-0.2, -0.15) is 16.8 Å². The third-order valence-electron chi connectivity index (χ3n) is 4.05. The average molecular weight is 456 g/mol. The molecule has 7 N–H and O–H groups in total. The third-order valence-corrected chi connectivity index (χ3v) is 5.71. The molecule has 0 heterocycles. The molecule has 162 valence electrons. The van der Waals surface area contributed by atoms with E-state index < -0.39 is 35.8 Å². The molecule has 3 aromatic rings. The number of para-hydroxylation sites is 1. The summed E-state index contributed by atoms with van der Waals surface area (Å²) in [6.07, 6.45) is 0. The Balaban J connectivity index is 0.000000269. The van der Waals surface area contributed by atoms with Crippen molar-refractivity contribution < 1.29 is 35.8 Å². The van der Waals surface area contributed by atoms with Gasteiger partial charge in [-0.1, -0.05) is 12.1 Å². The molecule has 0 aliphatic rings. The first-order valence-electron chi connectivity index (χ1n) is 8.16. The summed E-state index contributed by atoms with van der Waals surface area (Å²) in [6, 6.07) is 9.25. The molecule has 0 spiro atoms. The minimum absolute atomic E-state index is 0.00444. The van der Waals surface area contributed by atoms with Gasteiger partial charge in [0.15, 0.2) is 0 Å². The number of hydrogen-bond acceptors (Lipinski definition) is 8. The van der Waals surface area contributed by atoms with E-state index in [2.05, 4.69) is 0 Å². The van der Waals surface area contributed by atoms with Crippen LogP contribution in [0.3, 0.4) is 0 Å². The fraction of sp³-hybridized carbons (Fsp3) is 0.111. The standard InChI is InChI=1S/C10H9NO7S2.C8H11NO/c11-8-3-6(19(13,14)15)1-5-2-7(20(16,17)18)4-9(12)10(5)8;1-6-4-3-5-7(9)8(6)10-2/h1-4,12H,11H2,(H,13,14,15)(H,16,17,18);3-5H,9H2,1-2H3. The summed E-state index contributed by atoms with van der Waals surface area (Å²) in [4.78, 5) is -1.19. The predicted octanol–water partition coefficient (Wildman–Crippen LogP) is 2.21. The zero-order chi connectivity index (χ0) is 22.9. The van der Waals surface area contributed by atoms with Crippen molar-refractivity contribution in [3.8, 4) is 11.5 Å². The van der Waals surface area contributed by atoms with Crippen molar-refractivity contribution in [2.45, 2.75) is 16.7 Å². The molecule has 0 atom stereocenters. The number of ether oxygens (including phenoxy) is 1. The number of aryl methyl sites for hydroxylation is 1. The Hall–Kier alpha value is -3.06. The highest BCUT2D eigenvalue weighted by Crippen LogP contribution is 2.35. The van der Waals surface area contributed by atoms with Crippen LogP contribution in [0.2, 0.25) is 0 Å². The minimum atomic E-state index is -4.59. The van der Waals surface area contributed by atoms with E-state index in [-0.39, 0.29) is 16.5 Å². The van der Waals surface area contributed by atoms with Gasteiger partial charge in [0.25, 0.3) is 20.2 Å². The molecule has 0 unspecified atom stereocenters. The van der Waals surface area contributed by atoms with E-state index in [0.717, 1.165) is 35.6 Å². The van der Waals surface area contributed by atoms with Gasteiger partial charge in [-0.3, -0.25) is 9.11 Å². The quantitative estimate of drug-likeness (QED) is 0.288. The van der Waals surface area contributed by atoms with Crippen LogP contribution in [-0.2, 0) is 20.2 Å². The van der Waals surface area contributed by atoms with E-state index in [1.54, 1.807) is 7.11 Å². The molecule has 0 fully saturated rings. The van der Waals surface area contributed by atoms with Crippen LogP contribution in [-0.4, -0.2) is 38.2 Å². The van der Waals surface area contributed by atoms with Crippen LogP contribution < -0.4 is 16.2 Å². The molecule has 10 nitrogen and oxygen atoms in total. The van der Waals surface area contributed by atoms with E-state index in [9.17, 15) is 21.9 Å². The Bertz CT molecular complexity index is 1230. The molecular weight excluding hydrogens is 436 g/mol. The molecule has 0 saturated heterocycles. The van der Waals surface area contributed by atoms with Crippen LogP contribution >= 0.6 is 0 Å². The van der Waals surface area contributed by atoms with Gasteiger partial charge in [0.1, 0.15) is 11.5 Å². The number of fused-ring (bicyclic) bond motifs is 1. The number of benzene rings is 3. The Labute approximate surface area is 173 Å². The monoisotopic (exact) mass is 456 g/mol. The highest BCUT2D eigenvalue weighted by atomic mass is 32.2. The normalized spacial score (nSPS) is 11.6. The number of methoxy groups -OCH3 is 1. The molecule has 0 aliphatic heterocycles. The Morgan fingerprint density at radius 1 is 0.867 bits per heavy atom. The van der Waals surface area contributed by atoms with Gasteiger partial charge >= 0.3 is 0 Å². The first kappa shape index (κ1) is 23.2. The maximum atomic E-state index is 11.1. The molecule has 0 aliphatic carbocycles. The van der Waals surface area contributed by atoms with E-state index >= 15 is 0 Å². The van der Waals surface area contributed by atoms with Gasteiger partial charge in [0.05, 0.1) is 22.6 Å². The SMILES string of the molecule is COc1c(C)cccc1N.Nc1cc(S(=O)(=O)O)cc2cc(S(=O)(=O)O)cc(O)c12. The number of anilines is 2. The number of rotatable bonds is 3. The highest BCUT2D eigenvalue weighted by Gasteiger charge is 2.18. The van der Waals surface area contributed by atoms with Crippen molar-refractivity contribution in [1.29, 1.82) is 0 Å². The van der Waals surface area contributed by atoms with Crippen molar-refractivity contribution in [3.63, 3.8) is 0 Å². The van der Waals surface area contributed by atoms with Crippen molar-refractivity contribution in [3.05, 3.63) is 48.0 Å². The first-order valence-corrected chi connectivity index (χ1v) is 11.0. The van der Waals surface area contributed by atoms with Gasteiger partial charge in [0, 0.05) is 17.1 Å². The number of nitrogen functional groups attached to an aromatic ring is 2. The second-order valence-corrected chi connectivity index (χ2v) is 9.04. The molecule has 12 heteroatoms. The molecule has 0 saturated carbocycles. The second-order valence-electron chi connectivity index (χ2n) is 6.20. The molecule has 3 aromatic carbocycles. The zero-order valence-electron chi connectivity index (χ0n) is 15.9. The minimum Gasteiger partial charge on any atom is -0.507 e. The van der Waals surface area contributed by atoms with Crippen LogP contribution in [0.1, 0.15) is 5.56 Å². The topological polar surface area (TPSA) is 190 Å². The van der Waals surface area contributed by atoms with Gasteiger partial charge in [-0.25, -0.2) is 0 Å². The Kier molecular flexibility index (Phi) is 6.47. The molecule has 0 bridgehead atoms. The van der Waals surface area contributed by atoms with Gasteiger partial charge in [0.2, 0.25) is 0 Å². The largest absolute Gasteiger partial charge is 0.507 e. The van der Waals surface area contributed by atoms with Crippen molar-refractivity contribution in [1.82, 2.24) is 0 Å². The maximum absolute atomic E-state index is 11.1. The lowest BCUT2D eigenvalue weighted by Gasteiger charge is -2.08. The molecule has 30 heavy (non-hydrogen) atoms. The van der Waals surface area contributed by atoms with Crippen LogP contribution in [0.25, 0.3) is 10.8 Å².